The van der Waals surface area contributed by atoms with Gasteiger partial charge in [0.05, 0.1) is 20.8 Å². The normalized spacial score (nSPS) is 12.3. The van der Waals surface area contributed by atoms with Gasteiger partial charge in [0, 0.05) is 31.9 Å². The van der Waals surface area contributed by atoms with Crippen molar-refractivity contribution in [3.8, 4) is 0 Å². The van der Waals surface area contributed by atoms with Crippen molar-refractivity contribution in [3.63, 3.8) is 0 Å². The first-order valence-electron chi connectivity index (χ1n) is 10.6. The van der Waals surface area contributed by atoms with E-state index < -0.39 is 8.24 Å². The Bertz CT molecular complexity index is 1210. The van der Waals surface area contributed by atoms with Gasteiger partial charge in [0.1, 0.15) is 11.3 Å². The Morgan fingerprint density at radius 2 is 1.38 bits per heavy atom. The number of halogens is 4. The molecule has 0 bridgehead atoms. The summed E-state index contributed by atoms with van der Waals surface area (Å²) in [6.45, 7) is 14.2. The maximum Gasteiger partial charge on any atom is 0.171 e. The maximum atomic E-state index is 6.42. The van der Waals surface area contributed by atoms with Crippen molar-refractivity contribution in [2.75, 3.05) is 0 Å². The third-order valence-corrected chi connectivity index (χ3v) is 15.3. The fourth-order valence-electron chi connectivity index (χ4n) is 5.18. The van der Waals surface area contributed by atoms with Crippen LogP contribution in [0.15, 0.2) is 36.9 Å². The fraction of sp³-hybridized carbons (Fsp3) is 0.391. The van der Waals surface area contributed by atoms with Crippen LogP contribution in [-0.4, -0.2) is 27.4 Å². The highest BCUT2D eigenvalue weighted by atomic mass is 127. The SMILES string of the molecule is CC(C)[Si](C(C)C)(C(C)C)n1cc(I)c2c(Cl)ccnc21.Clc1ccnc2[nH]cc(I)c12. The van der Waals surface area contributed by atoms with Crippen molar-refractivity contribution in [3.05, 3.63) is 54.1 Å². The number of pyridine rings is 2. The molecule has 4 rings (SSSR count). The highest BCUT2D eigenvalue weighted by Gasteiger charge is 2.46. The van der Waals surface area contributed by atoms with Crippen molar-refractivity contribution in [1.29, 1.82) is 0 Å². The van der Waals surface area contributed by atoms with E-state index in [0.29, 0.717) is 16.6 Å². The lowest BCUT2D eigenvalue weighted by Crippen LogP contribution is -2.51. The molecule has 0 fully saturated rings. The van der Waals surface area contributed by atoms with Gasteiger partial charge >= 0.3 is 0 Å². The van der Waals surface area contributed by atoms with E-state index in [4.69, 9.17) is 23.2 Å². The summed E-state index contributed by atoms with van der Waals surface area (Å²) in [4.78, 5) is 11.8. The number of hydrogen-bond acceptors (Lipinski definition) is 2. The van der Waals surface area contributed by atoms with Gasteiger partial charge in [-0.2, -0.15) is 0 Å². The van der Waals surface area contributed by atoms with Gasteiger partial charge in [0.15, 0.2) is 8.24 Å². The van der Waals surface area contributed by atoms with E-state index in [9.17, 15) is 0 Å². The van der Waals surface area contributed by atoms with Crippen molar-refractivity contribution < 1.29 is 0 Å². The summed E-state index contributed by atoms with van der Waals surface area (Å²) in [5.41, 5.74) is 3.84. The Morgan fingerprint density at radius 3 is 1.91 bits per heavy atom. The Morgan fingerprint density at radius 1 is 0.844 bits per heavy atom. The smallest absolute Gasteiger partial charge is 0.171 e. The molecular formula is C23H28Cl2I2N4Si. The summed E-state index contributed by atoms with van der Waals surface area (Å²) in [6.07, 6.45) is 7.70. The van der Waals surface area contributed by atoms with Gasteiger partial charge in [-0.1, -0.05) is 64.7 Å². The van der Waals surface area contributed by atoms with E-state index in [0.717, 1.165) is 35.7 Å². The van der Waals surface area contributed by atoms with Crippen LogP contribution in [0, 0.1) is 7.14 Å². The van der Waals surface area contributed by atoms with Crippen molar-refractivity contribution in [2.24, 2.45) is 0 Å². The summed E-state index contributed by atoms with van der Waals surface area (Å²) in [7, 11) is -1.78. The van der Waals surface area contributed by atoms with E-state index in [1.807, 2.05) is 18.5 Å². The number of aromatic amines is 1. The van der Waals surface area contributed by atoms with Gasteiger partial charge in [-0.3, -0.25) is 0 Å². The summed E-state index contributed by atoms with van der Waals surface area (Å²) < 4.78 is 4.84. The van der Waals surface area contributed by atoms with Crippen LogP contribution in [0.5, 0.6) is 0 Å². The average molecular weight is 713 g/mol. The molecule has 32 heavy (non-hydrogen) atoms. The largest absolute Gasteiger partial charge is 0.358 e. The molecule has 4 aromatic heterocycles. The standard InChI is InChI=1S/C16H24ClIN2Si.C7H4ClIN2/c1-10(2)21(11(3)4,12(5)6)20-9-14(18)15-13(17)7-8-19-16(15)20;8-4-1-2-10-7-6(4)5(9)3-11-7/h7-12H,1-6H3;1-3H,(H,10,11). The summed E-state index contributed by atoms with van der Waals surface area (Å²) in [5.74, 6) is 0. The number of H-pyrrole nitrogens is 1. The fourth-order valence-corrected chi connectivity index (χ4v) is 14.3. The van der Waals surface area contributed by atoms with Crippen LogP contribution in [0.3, 0.4) is 0 Å². The third kappa shape index (κ3) is 4.61. The van der Waals surface area contributed by atoms with Crippen LogP contribution >= 0.6 is 68.4 Å². The molecule has 0 aliphatic rings. The van der Waals surface area contributed by atoms with Gasteiger partial charge in [-0.15, -0.1) is 0 Å². The van der Waals surface area contributed by atoms with Gasteiger partial charge in [-0.25, -0.2) is 9.97 Å². The molecule has 4 heterocycles. The number of aromatic nitrogens is 4. The Hall–Kier alpha value is -0.363. The molecule has 0 radical (unpaired) electrons. The first-order valence-corrected chi connectivity index (χ1v) is 15.7. The van der Waals surface area contributed by atoms with E-state index in [1.54, 1.807) is 12.3 Å². The van der Waals surface area contributed by atoms with Crippen LogP contribution in [-0.2, 0) is 0 Å². The van der Waals surface area contributed by atoms with Crippen LogP contribution in [0.25, 0.3) is 22.1 Å². The predicted octanol–water partition coefficient (Wildman–Crippen LogP) is 9.14. The lowest BCUT2D eigenvalue weighted by Gasteiger charge is -2.44. The summed E-state index contributed by atoms with van der Waals surface area (Å²) in [5, 5.41) is 3.68. The second kappa shape index (κ2) is 10.5. The van der Waals surface area contributed by atoms with Gasteiger partial charge in [0.2, 0.25) is 0 Å². The summed E-state index contributed by atoms with van der Waals surface area (Å²) >= 11 is 17.0. The number of fused-ring (bicyclic) bond motifs is 2. The Balaban J connectivity index is 0.000000219. The Kier molecular flexibility index (Phi) is 8.61. The molecule has 0 spiro atoms. The zero-order chi connectivity index (χ0) is 23.8. The highest BCUT2D eigenvalue weighted by Crippen LogP contribution is 2.45. The molecule has 0 amide bonds. The molecule has 0 atom stereocenters. The second-order valence-corrected chi connectivity index (χ2v) is 17.7. The molecule has 0 aliphatic carbocycles. The van der Waals surface area contributed by atoms with Crippen molar-refractivity contribution >= 4 is 98.7 Å². The minimum atomic E-state index is -1.78. The second-order valence-electron chi connectivity index (χ2n) is 8.84. The number of nitrogens with zero attached hydrogens (tertiary/aromatic N) is 3. The number of rotatable bonds is 4. The van der Waals surface area contributed by atoms with Crippen LogP contribution in [0.4, 0.5) is 0 Å². The average Bonchev–Trinajstić information content (AvgIpc) is 3.24. The topological polar surface area (TPSA) is 46.5 Å². The first-order chi connectivity index (χ1) is 15.0. The molecule has 0 saturated heterocycles. The molecule has 1 N–H and O–H groups in total. The van der Waals surface area contributed by atoms with E-state index in [-0.39, 0.29) is 0 Å². The lowest BCUT2D eigenvalue weighted by molar-refractivity contribution is 0.770. The molecule has 9 heteroatoms. The predicted molar refractivity (Wildman–Crippen MR) is 158 cm³/mol. The van der Waals surface area contributed by atoms with Gasteiger partial charge in [0.25, 0.3) is 0 Å². The van der Waals surface area contributed by atoms with Crippen LogP contribution in [0.1, 0.15) is 41.5 Å². The summed E-state index contributed by atoms with van der Waals surface area (Å²) in [6, 6.07) is 3.68. The molecule has 0 saturated carbocycles. The number of hydrogen-bond donors (Lipinski definition) is 1. The molecule has 0 aliphatic heterocycles. The van der Waals surface area contributed by atoms with Crippen molar-refractivity contribution in [1.82, 2.24) is 19.2 Å². The molecular weight excluding hydrogens is 685 g/mol. The minimum absolute atomic E-state index is 0.643. The monoisotopic (exact) mass is 712 g/mol. The van der Waals surface area contributed by atoms with E-state index in [2.05, 4.69) is 112 Å². The van der Waals surface area contributed by atoms with Gasteiger partial charge < -0.3 is 9.22 Å². The molecule has 0 aromatic carbocycles. The highest BCUT2D eigenvalue weighted by molar-refractivity contribution is 14.1. The zero-order valence-corrected chi connectivity index (χ0v) is 25.9. The minimum Gasteiger partial charge on any atom is -0.358 e. The molecule has 172 valence electrons. The molecule has 4 nitrogen and oxygen atoms in total. The number of nitrogens with one attached hydrogen (secondary N) is 1. The third-order valence-electron chi connectivity index (χ3n) is 6.26. The maximum absolute atomic E-state index is 6.42. The quantitative estimate of drug-likeness (QED) is 0.170. The van der Waals surface area contributed by atoms with E-state index in [1.165, 1.54) is 3.57 Å². The van der Waals surface area contributed by atoms with E-state index >= 15 is 0 Å². The van der Waals surface area contributed by atoms with Gasteiger partial charge in [-0.05, 0) is 73.9 Å². The van der Waals surface area contributed by atoms with Crippen molar-refractivity contribution in [2.45, 2.75) is 58.2 Å². The Labute approximate surface area is 228 Å². The first kappa shape index (κ1) is 26.2. The molecule has 0 unspecified atom stereocenters. The lowest BCUT2D eigenvalue weighted by atomic mass is 10.3. The zero-order valence-electron chi connectivity index (χ0n) is 19.0. The van der Waals surface area contributed by atoms with Crippen LogP contribution in [0.2, 0.25) is 26.7 Å². The molecule has 4 aromatic rings. The van der Waals surface area contributed by atoms with Crippen LogP contribution < -0.4 is 0 Å².